The van der Waals surface area contributed by atoms with Crippen LogP contribution in [0.15, 0.2) is 34.5 Å². The van der Waals surface area contributed by atoms with E-state index < -0.39 is 0 Å². The van der Waals surface area contributed by atoms with Crippen LogP contribution in [0.3, 0.4) is 0 Å². The minimum Gasteiger partial charge on any atom is -0.369 e. The minimum absolute atomic E-state index is 0.628. The van der Waals surface area contributed by atoms with Crippen molar-refractivity contribution < 1.29 is 0 Å². The zero-order valence-electron chi connectivity index (χ0n) is 14.3. The molecule has 0 aromatic heterocycles. The van der Waals surface area contributed by atoms with E-state index in [1.165, 1.54) is 6.42 Å². The zero-order chi connectivity index (χ0) is 16.4. The third-order valence-corrected chi connectivity index (χ3v) is 4.90. The van der Waals surface area contributed by atoms with Crippen molar-refractivity contribution in [3.05, 3.63) is 34.5 Å². The van der Waals surface area contributed by atoms with Crippen LogP contribution in [-0.2, 0) is 0 Å². The minimum atomic E-state index is 0.628. The quantitative estimate of drug-likeness (QED) is 0.410. The van der Waals surface area contributed by atoms with E-state index >= 15 is 0 Å². The number of hydrogen-bond donors (Lipinski definition) is 0. The Morgan fingerprint density at radius 2 is 1.76 bits per heavy atom. The molecule has 0 heterocycles. The number of nitrogens with zero attached hydrogens (tertiary/aromatic N) is 1. The molecular weight excluding hydrogens is 301 g/mol. The van der Waals surface area contributed by atoms with Crippen LogP contribution in [0.25, 0.3) is 0 Å². The monoisotopic (exact) mass is 331 g/mol. The van der Waals surface area contributed by atoms with Gasteiger partial charge in [-0.1, -0.05) is 70.0 Å². The average Bonchev–Trinajstić information content (AvgIpc) is 2.50. The van der Waals surface area contributed by atoms with Gasteiger partial charge in [0.05, 0.1) is 15.8 Å². The van der Waals surface area contributed by atoms with E-state index in [0.717, 1.165) is 37.5 Å². The summed E-state index contributed by atoms with van der Waals surface area (Å²) in [7, 11) is 0. The van der Waals surface area contributed by atoms with E-state index in [1.54, 1.807) is 6.08 Å². The summed E-state index contributed by atoms with van der Waals surface area (Å²) in [6.45, 7) is 16.7. The van der Waals surface area contributed by atoms with Crippen LogP contribution in [0.1, 0.15) is 53.9 Å². The first-order valence-electron chi connectivity index (χ1n) is 8.02. The number of allylic oxidation sites excluding steroid dienone is 4. The number of hydrogen-bond acceptors (Lipinski definition) is 1. The maximum atomic E-state index is 6.37. The maximum Gasteiger partial charge on any atom is 0.0741 e. The Balaban J connectivity index is 5.13. The lowest BCUT2D eigenvalue weighted by molar-refractivity contribution is 0.279. The summed E-state index contributed by atoms with van der Waals surface area (Å²) < 4.78 is 0. The predicted octanol–water partition coefficient (Wildman–Crippen LogP) is 6.55. The molecule has 2 unspecified atom stereocenters. The van der Waals surface area contributed by atoms with Crippen LogP contribution in [0.2, 0.25) is 0 Å². The molecule has 0 fully saturated rings. The molecule has 0 N–H and O–H groups in total. The van der Waals surface area contributed by atoms with E-state index in [0.29, 0.717) is 16.0 Å². The largest absolute Gasteiger partial charge is 0.369 e. The molecule has 0 aliphatic carbocycles. The van der Waals surface area contributed by atoms with Gasteiger partial charge in [0.1, 0.15) is 0 Å². The Hall–Kier alpha value is -0.400. The second-order valence-corrected chi connectivity index (χ2v) is 6.49. The van der Waals surface area contributed by atoms with Gasteiger partial charge in [0, 0.05) is 13.1 Å². The van der Waals surface area contributed by atoms with Crippen molar-refractivity contribution in [2.24, 2.45) is 11.8 Å². The fraction of sp³-hybridized carbons (Fsp3) is 0.667. The molecule has 0 aliphatic rings. The molecule has 3 heteroatoms. The van der Waals surface area contributed by atoms with E-state index in [4.69, 9.17) is 23.2 Å². The van der Waals surface area contributed by atoms with Crippen LogP contribution in [0.5, 0.6) is 0 Å². The second kappa shape index (κ2) is 11.2. The van der Waals surface area contributed by atoms with Crippen molar-refractivity contribution in [2.75, 3.05) is 13.1 Å². The molecule has 0 amide bonds. The molecule has 0 radical (unpaired) electrons. The van der Waals surface area contributed by atoms with Gasteiger partial charge in [-0.3, -0.25) is 0 Å². The molecule has 0 aliphatic heterocycles. The highest BCUT2D eigenvalue weighted by Crippen LogP contribution is 2.28. The molecule has 122 valence electrons. The highest BCUT2D eigenvalue weighted by Gasteiger charge is 2.17. The van der Waals surface area contributed by atoms with E-state index in [2.05, 4.69) is 39.2 Å². The first kappa shape index (κ1) is 20.6. The molecular formula is C18H31Cl2N. The van der Waals surface area contributed by atoms with Crippen molar-refractivity contribution in [2.45, 2.75) is 53.9 Å². The van der Waals surface area contributed by atoms with Crippen LogP contribution >= 0.6 is 23.2 Å². The third kappa shape index (κ3) is 6.93. The summed E-state index contributed by atoms with van der Waals surface area (Å²) in [6.07, 6.45) is 7.00. The Morgan fingerprint density at radius 1 is 1.14 bits per heavy atom. The molecule has 0 saturated heterocycles. The van der Waals surface area contributed by atoms with E-state index in [-0.39, 0.29) is 0 Å². The Bertz CT molecular complexity index is 371. The lowest BCUT2D eigenvalue weighted by Gasteiger charge is -2.30. The van der Waals surface area contributed by atoms with Crippen LogP contribution in [0.4, 0.5) is 0 Å². The summed E-state index contributed by atoms with van der Waals surface area (Å²) in [5, 5.41) is 1.33. The van der Waals surface area contributed by atoms with Gasteiger partial charge in [0.2, 0.25) is 0 Å². The number of halogens is 2. The lowest BCUT2D eigenvalue weighted by atomic mass is 9.90. The molecule has 21 heavy (non-hydrogen) atoms. The predicted molar refractivity (Wildman–Crippen MR) is 97.8 cm³/mol. The topological polar surface area (TPSA) is 3.24 Å². The SMILES string of the molecule is C=C/C(Cl)=C(\C(Cl)=C/C)N(CCC)CCC(C)C(C)CC. The van der Waals surface area contributed by atoms with Gasteiger partial charge < -0.3 is 4.90 Å². The molecule has 2 atom stereocenters. The van der Waals surface area contributed by atoms with E-state index in [9.17, 15) is 0 Å². The Morgan fingerprint density at radius 3 is 2.19 bits per heavy atom. The molecule has 0 bridgehead atoms. The van der Waals surface area contributed by atoms with Crippen molar-refractivity contribution >= 4 is 23.2 Å². The summed E-state index contributed by atoms with van der Waals surface area (Å²) in [5.74, 6) is 1.44. The fourth-order valence-corrected chi connectivity index (χ4v) is 2.79. The van der Waals surface area contributed by atoms with Crippen LogP contribution in [-0.4, -0.2) is 18.0 Å². The second-order valence-electron chi connectivity index (χ2n) is 5.68. The first-order chi connectivity index (χ1) is 9.92. The van der Waals surface area contributed by atoms with Crippen LogP contribution in [0, 0.1) is 11.8 Å². The van der Waals surface area contributed by atoms with Gasteiger partial charge in [-0.05, 0) is 37.7 Å². The average molecular weight is 332 g/mol. The molecule has 0 spiro atoms. The normalized spacial score (nSPS) is 16.2. The van der Waals surface area contributed by atoms with Crippen molar-refractivity contribution in [3.63, 3.8) is 0 Å². The molecule has 0 rings (SSSR count). The van der Waals surface area contributed by atoms with Gasteiger partial charge in [0.25, 0.3) is 0 Å². The lowest BCUT2D eigenvalue weighted by Crippen LogP contribution is -2.28. The van der Waals surface area contributed by atoms with Gasteiger partial charge in [-0.15, -0.1) is 0 Å². The molecule has 0 saturated carbocycles. The standard InChI is InChI=1S/C18H31Cl2N/c1-7-12-21(13-11-15(6)14(5)8-2)18(16(19)9-3)17(20)10-4/h9-10,14-15H,3,7-8,11-13H2,1-2,4-6H3/b17-10+,18-16-. The van der Waals surface area contributed by atoms with Gasteiger partial charge in [-0.25, -0.2) is 0 Å². The molecule has 0 aromatic rings. The Kier molecular flexibility index (Phi) is 11.0. The maximum absolute atomic E-state index is 6.37. The highest BCUT2D eigenvalue weighted by molar-refractivity contribution is 6.36. The summed E-state index contributed by atoms with van der Waals surface area (Å²) in [5.41, 5.74) is 0.911. The summed E-state index contributed by atoms with van der Waals surface area (Å²) >= 11 is 12.7. The Labute approximate surface area is 141 Å². The van der Waals surface area contributed by atoms with Crippen molar-refractivity contribution in [1.29, 1.82) is 0 Å². The van der Waals surface area contributed by atoms with Gasteiger partial charge in [0.15, 0.2) is 0 Å². The zero-order valence-corrected chi connectivity index (χ0v) is 15.8. The van der Waals surface area contributed by atoms with Gasteiger partial charge >= 0.3 is 0 Å². The summed E-state index contributed by atoms with van der Waals surface area (Å²) in [6, 6.07) is 0. The first-order valence-corrected chi connectivity index (χ1v) is 8.77. The van der Waals surface area contributed by atoms with Crippen molar-refractivity contribution in [1.82, 2.24) is 4.90 Å². The third-order valence-electron chi connectivity index (χ3n) is 4.16. The van der Waals surface area contributed by atoms with Gasteiger partial charge in [-0.2, -0.15) is 0 Å². The van der Waals surface area contributed by atoms with E-state index in [1.807, 2.05) is 13.0 Å². The smallest absolute Gasteiger partial charge is 0.0741 e. The number of rotatable bonds is 10. The molecule has 1 nitrogen and oxygen atoms in total. The fourth-order valence-electron chi connectivity index (χ4n) is 2.30. The highest BCUT2D eigenvalue weighted by atomic mass is 35.5. The van der Waals surface area contributed by atoms with Crippen LogP contribution < -0.4 is 0 Å². The molecule has 0 aromatic carbocycles. The van der Waals surface area contributed by atoms with Crippen molar-refractivity contribution in [3.8, 4) is 0 Å². The summed E-state index contributed by atoms with van der Waals surface area (Å²) in [4.78, 5) is 2.30.